The number of hydrogen-bond acceptors (Lipinski definition) is 7. The van der Waals surface area contributed by atoms with Gasteiger partial charge in [-0.05, 0) is 12.8 Å². The standard InChI is InChI=1S/C14H24N4O3/c1-4-20-14(19)11-8-15-5-6-18(11)9-12-16-13(21-17-12)7-10(2)3/h10-11,15H,4-9H2,1-3H3. The van der Waals surface area contributed by atoms with Gasteiger partial charge >= 0.3 is 5.97 Å². The van der Waals surface area contributed by atoms with Crippen LogP contribution in [0.15, 0.2) is 4.52 Å². The molecule has 0 bridgehead atoms. The third-order valence-corrected chi connectivity index (χ3v) is 3.35. The molecule has 0 amide bonds. The van der Waals surface area contributed by atoms with Crippen molar-refractivity contribution in [1.29, 1.82) is 0 Å². The van der Waals surface area contributed by atoms with E-state index in [2.05, 4.69) is 29.3 Å². The molecule has 1 atom stereocenters. The van der Waals surface area contributed by atoms with Crippen molar-refractivity contribution in [1.82, 2.24) is 20.4 Å². The third-order valence-electron chi connectivity index (χ3n) is 3.35. The average Bonchev–Trinajstić information content (AvgIpc) is 2.86. The van der Waals surface area contributed by atoms with Gasteiger partial charge in [0.05, 0.1) is 13.2 Å². The molecule has 1 saturated heterocycles. The van der Waals surface area contributed by atoms with E-state index in [9.17, 15) is 4.79 Å². The summed E-state index contributed by atoms with van der Waals surface area (Å²) in [6.07, 6.45) is 0.774. The smallest absolute Gasteiger partial charge is 0.324 e. The van der Waals surface area contributed by atoms with Crippen LogP contribution in [0.25, 0.3) is 0 Å². The van der Waals surface area contributed by atoms with Gasteiger partial charge in [-0.25, -0.2) is 0 Å². The Morgan fingerprint density at radius 2 is 2.38 bits per heavy atom. The first-order valence-electron chi connectivity index (χ1n) is 7.53. The molecule has 0 aliphatic carbocycles. The molecule has 2 heterocycles. The summed E-state index contributed by atoms with van der Waals surface area (Å²) >= 11 is 0. The lowest BCUT2D eigenvalue weighted by molar-refractivity contribution is -0.150. The summed E-state index contributed by atoms with van der Waals surface area (Å²) in [5.41, 5.74) is 0. The van der Waals surface area contributed by atoms with Crippen molar-refractivity contribution in [2.24, 2.45) is 5.92 Å². The molecule has 1 fully saturated rings. The zero-order valence-corrected chi connectivity index (χ0v) is 13.0. The van der Waals surface area contributed by atoms with Crippen molar-refractivity contribution in [3.05, 3.63) is 11.7 Å². The maximum atomic E-state index is 12.0. The van der Waals surface area contributed by atoms with Crippen LogP contribution in [0.5, 0.6) is 0 Å². The molecule has 7 heteroatoms. The zero-order chi connectivity index (χ0) is 15.2. The average molecular weight is 296 g/mol. The van der Waals surface area contributed by atoms with Crippen LogP contribution in [0.1, 0.15) is 32.5 Å². The number of carbonyl (C=O) groups excluding carboxylic acids is 1. The number of nitrogens with zero attached hydrogens (tertiary/aromatic N) is 3. The van der Waals surface area contributed by atoms with E-state index in [0.717, 1.165) is 19.5 Å². The summed E-state index contributed by atoms with van der Waals surface area (Å²) in [5, 5.41) is 7.22. The summed E-state index contributed by atoms with van der Waals surface area (Å²) in [6, 6.07) is -0.286. The molecule has 1 unspecified atom stereocenters. The molecule has 0 radical (unpaired) electrons. The fraction of sp³-hybridized carbons (Fsp3) is 0.786. The quantitative estimate of drug-likeness (QED) is 0.770. The molecular formula is C14H24N4O3. The predicted octanol–water partition coefficient (Wildman–Crippen LogP) is 0.605. The summed E-state index contributed by atoms with van der Waals surface area (Å²) in [6.45, 7) is 9.13. The summed E-state index contributed by atoms with van der Waals surface area (Å²) in [7, 11) is 0. The van der Waals surface area contributed by atoms with Gasteiger partial charge in [-0.2, -0.15) is 4.98 Å². The monoisotopic (exact) mass is 296 g/mol. The molecule has 118 valence electrons. The lowest BCUT2D eigenvalue weighted by Crippen LogP contribution is -2.55. The first-order chi connectivity index (χ1) is 10.1. The van der Waals surface area contributed by atoms with Crippen molar-refractivity contribution < 1.29 is 14.1 Å². The minimum atomic E-state index is -0.286. The van der Waals surface area contributed by atoms with Gasteiger partial charge in [-0.3, -0.25) is 9.69 Å². The van der Waals surface area contributed by atoms with Crippen LogP contribution >= 0.6 is 0 Å². The number of hydrogen-bond donors (Lipinski definition) is 1. The second kappa shape index (κ2) is 7.51. The van der Waals surface area contributed by atoms with Gasteiger partial charge in [-0.15, -0.1) is 0 Å². The van der Waals surface area contributed by atoms with Gasteiger partial charge in [0, 0.05) is 26.1 Å². The molecule has 1 N–H and O–H groups in total. The molecule has 0 saturated carbocycles. The lowest BCUT2D eigenvalue weighted by atomic mass is 10.1. The van der Waals surface area contributed by atoms with Crippen molar-refractivity contribution >= 4 is 5.97 Å². The minimum absolute atomic E-state index is 0.199. The van der Waals surface area contributed by atoms with Gasteiger partial charge < -0.3 is 14.6 Å². The second-order valence-corrected chi connectivity index (χ2v) is 5.64. The summed E-state index contributed by atoms with van der Waals surface area (Å²) in [5.74, 6) is 1.56. The van der Waals surface area contributed by atoms with E-state index < -0.39 is 0 Å². The fourth-order valence-electron chi connectivity index (χ4n) is 2.37. The van der Waals surface area contributed by atoms with Gasteiger partial charge in [0.1, 0.15) is 6.04 Å². The van der Waals surface area contributed by atoms with Crippen molar-refractivity contribution in [2.45, 2.75) is 39.8 Å². The number of esters is 1. The maximum Gasteiger partial charge on any atom is 0.324 e. The second-order valence-electron chi connectivity index (χ2n) is 5.64. The van der Waals surface area contributed by atoms with E-state index >= 15 is 0 Å². The van der Waals surface area contributed by atoms with Crippen LogP contribution in [0.4, 0.5) is 0 Å². The summed E-state index contributed by atoms with van der Waals surface area (Å²) in [4.78, 5) is 18.4. The Bertz CT molecular complexity index is 461. The SMILES string of the molecule is CCOC(=O)C1CNCCN1Cc1noc(CC(C)C)n1. The largest absolute Gasteiger partial charge is 0.465 e. The van der Waals surface area contributed by atoms with Crippen LogP contribution in [0.3, 0.4) is 0 Å². The molecule has 1 aliphatic heterocycles. The Morgan fingerprint density at radius 1 is 1.57 bits per heavy atom. The minimum Gasteiger partial charge on any atom is -0.465 e. The Hall–Kier alpha value is -1.47. The van der Waals surface area contributed by atoms with Crippen LogP contribution in [-0.4, -0.2) is 53.3 Å². The highest BCUT2D eigenvalue weighted by molar-refractivity contribution is 5.76. The van der Waals surface area contributed by atoms with Crippen molar-refractivity contribution in [3.63, 3.8) is 0 Å². The molecule has 1 aromatic rings. The van der Waals surface area contributed by atoms with Crippen LogP contribution in [0.2, 0.25) is 0 Å². The molecule has 1 aromatic heterocycles. The van der Waals surface area contributed by atoms with Gasteiger partial charge in [0.15, 0.2) is 5.82 Å². The van der Waals surface area contributed by atoms with E-state index in [-0.39, 0.29) is 12.0 Å². The highest BCUT2D eigenvalue weighted by Crippen LogP contribution is 2.11. The highest BCUT2D eigenvalue weighted by Gasteiger charge is 2.30. The molecule has 1 aliphatic rings. The van der Waals surface area contributed by atoms with Gasteiger partial charge in [-0.1, -0.05) is 19.0 Å². The van der Waals surface area contributed by atoms with E-state index in [1.165, 1.54) is 0 Å². The molecule has 2 rings (SSSR count). The number of carbonyl (C=O) groups is 1. The van der Waals surface area contributed by atoms with Crippen molar-refractivity contribution in [2.75, 3.05) is 26.2 Å². The molecule has 0 spiro atoms. The number of ether oxygens (including phenoxy) is 1. The topological polar surface area (TPSA) is 80.5 Å². The van der Waals surface area contributed by atoms with Gasteiger partial charge in [0.2, 0.25) is 5.89 Å². The molecule has 0 aromatic carbocycles. The Labute approximate surface area is 125 Å². The van der Waals surface area contributed by atoms with Crippen molar-refractivity contribution in [3.8, 4) is 0 Å². The Balaban J connectivity index is 1.98. The first kappa shape index (κ1) is 15.9. The zero-order valence-electron chi connectivity index (χ0n) is 13.0. The highest BCUT2D eigenvalue weighted by atomic mass is 16.5. The normalized spacial score (nSPS) is 19.9. The van der Waals surface area contributed by atoms with Crippen LogP contribution in [-0.2, 0) is 22.5 Å². The third kappa shape index (κ3) is 4.50. The van der Waals surface area contributed by atoms with E-state index in [1.54, 1.807) is 0 Å². The Morgan fingerprint density at radius 3 is 3.10 bits per heavy atom. The molecule has 21 heavy (non-hydrogen) atoms. The number of nitrogens with one attached hydrogen (secondary N) is 1. The predicted molar refractivity (Wildman–Crippen MR) is 76.5 cm³/mol. The summed E-state index contributed by atoms with van der Waals surface area (Å²) < 4.78 is 10.4. The number of rotatable bonds is 6. The fourth-order valence-corrected chi connectivity index (χ4v) is 2.37. The van der Waals surface area contributed by atoms with Crippen LogP contribution in [0, 0.1) is 5.92 Å². The molecular weight excluding hydrogens is 272 g/mol. The van der Waals surface area contributed by atoms with Gasteiger partial charge in [0.25, 0.3) is 0 Å². The van der Waals surface area contributed by atoms with Crippen LogP contribution < -0.4 is 5.32 Å². The maximum absolute atomic E-state index is 12.0. The van der Waals surface area contributed by atoms with E-state index in [0.29, 0.717) is 37.3 Å². The van der Waals surface area contributed by atoms with E-state index in [1.807, 2.05) is 11.8 Å². The Kier molecular flexibility index (Phi) is 5.69. The number of aromatic nitrogens is 2. The molecule has 7 nitrogen and oxygen atoms in total. The number of piperazine rings is 1. The first-order valence-corrected chi connectivity index (χ1v) is 7.53. The van der Waals surface area contributed by atoms with E-state index in [4.69, 9.17) is 9.26 Å². The lowest BCUT2D eigenvalue weighted by Gasteiger charge is -2.33.